The summed E-state index contributed by atoms with van der Waals surface area (Å²) < 4.78 is 5.27. The molecular formula is C16H18ClNO. The van der Waals surface area contributed by atoms with Crippen LogP contribution in [-0.4, -0.2) is 14.2 Å². The summed E-state index contributed by atoms with van der Waals surface area (Å²) in [6.07, 6.45) is 0.917. The van der Waals surface area contributed by atoms with Gasteiger partial charge in [-0.15, -0.1) is 0 Å². The van der Waals surface area contributed by atoms with Crippen molar-refractivity contribution in [3.8, 4) is 5.75 Å². The highest BCUT2D eigenvalue weighted by molar-refractivity contribution is 6.30. The van der Waals surface area contributed by atoms with E-state index in [1.807, 2.05) is 31.3 Å². The Morgan fingerprint density at radius 2 is 1.89 bits per heavy atom. The van der Waals surface area contributed by atoms with Gasteiger partial charge in [0.1, 0.15) is 5.75 Å². The molecule has 0 heterocycles. The lowest BCUT2D eigenvalue weighted by Crippen LogP contribution is -2.18. The number of ether oxygens (including phenoxy) is 1. The summed E-state index contributed by atoms with van der Waals surface area (Å²) >= 11 is 5.91. The van der Waals surface area contributed by atoms with Gasteiger partial charge >= 0.3 is 0 Å². The van der Waals surface area contributed by atoms with E-state index in [-0.39, 0.29) is 6.04 Å². The van der Waals surface area contributed by atoms with Gasteiger partial charge in [0.25, 0.3) is 0 Å². The molecule has 0 saturated heterocycles. The van der Waals surface area contributed by atoms with E-state index >= 15 is 0 Å². The van der Waals surface area contributed by atoms with Crippen molar-refractivity contribution in [2.75, 3.05) is 14.2 Å². The summed E-state index contributed by atoms with van der Waals surface area (Å²) in [4.78, 5) is 0. The summed E-state index contributed by atoms with van der Waals surface area (Å²) in [5, 5.41) is 4.11. The van der Waals surface area contributed by atoms with E-state index < -0.39 is 0 Å². The minimum absolute atomic E-state index is 0.260. The molecule has 0 aromatic heterocycles. The van der Waals surface area contributed by atoms with E-state index in [4.69, 9.17) is 16.3 Å². The zero-order valence-electron chi connectivity index (χ0n) is 11.2. The number of hydrogen-bond acceptors (Lipinski definition) is 2. The standard InChI is InChI=1S/C16H18ClNO/c1-18-16(10-12-6-8-14(17)9-7-12)13-4-3-5-15(11-13)19-2/h3-9,11,16,18H,10H2,1-2H3. The molecule has 2 nitrogen and oxygen atoms in total. The molecule has 0 fully saturated rings. The molecule has 3 heteroatoms. The van der Waals surface area contributed by atoms with Gasteiger partial charge in [-0.05, 0) is 48.9 Å². The number of halogens is 1. The number of likely N-dealkylation sites (N-methyl/N-ethyl adjacent to an activating group) is 1. The maximum atomic E-state index is 5.91. The highest BCUT2D eigenvalue weighted by atomic mass is 35.5. The van der Waals surface area contributed by atoms with Crippen molar-refractivity contribution in [2.45, 2.75) is 12.5 Å². The Morgan fingerprint density at radius 1 is 1.16 bits per heavy atom. The van der Waals surface area contributed by atoms with Crippen LogP contribution in [-0.2, 0) is 6.42 Å². The zero-order valence-corrected chi connectivity index (χ0v) is 11.9. The van der Waals surface area contributed by atoms with Crippen LogP contribution < -0.4 is 10.1 Å². The summed E-state index contributed by atoms with van der Waals surface area (Å²) in [6.45, 7) is 0. The van der Waals surface area contributed by atoms with Gasteiger partial charge in [0, 0.05) is 11.1 Å². The van der Waals surface area contributed by atoms with Gasteiger partial charge < -0.3 is 10.1 Å². The second kappa shape index (κ2) is 6.60. The first kappa shape index (κ1) is 13.9. The molecule has 2 aromatic carbocycles. The Labute approximate surface area is 119 Å². The predicted octanol–water partition coefficient (Wildman–Crippen LogP) is 3.85. The van der Waals surface area contributed by atoms with Crippen LogP contribution in [0.2, 0.25) is 5.02 Å². The van der Waals surface area contributed by atoms with E-state index in [1.54, 1.807) is 7.11 Å². The third-order valence-corrected chi connectivity index (χ3v) is 3.45. The van der Waals surface area contributed by atoms with Crippen molar-refractivity contribution in [3.05, 3.63) is 64.7 Å². The average molecular weight is 276 g/mol. The van der Waals surface area contributed by atoms with Gasteiger partial charge in [0.2, 0.25) is 0 Å². The second-order valence-electron chi connectivity index (χ2n) is 4.45. The Hall–Kier alpha value is -1.51. The fourth-order valence-corrected chi connectivity index (χ4v) is 2.23. The number of hydrogen-bond donors (Lipinski definition) is 1. The van der Waals surface area contributed by atoms with Crippen LogP contribution in [0.25, 0.3) is 0 Å². The van der Waals surface area contributed by atoms with E-state index in [2.05, 4.69) is 29.6 Å². The number of nitrogens with one attached hydrogen (secondary N) is 1. The van der Waals surface area contributed by atoms with Crippen LogP contribution in [0.3, 0.4) is 0 Å². The Bertz CT molecular complexity index is 525. The lowest BCUT2D eigenvalue weighted by Gasteiger charge is -2.17. The Kier molecular flexibility index (Phi) is 4.83. The second-order valence-corrected chi connectivity index (χ2v) is 4.88. The Balaban J connectivity index is 2.17. The maximum Gasteiger partial charge on any atom is 0.119 e. The van der Waals surface area contributed by atoms with Crippen LogP contribution >= 0.6 is 11.6 Å². The lowest BCUT2D eigenvalue weighted by atomic mass is 9.99. The van der Waals surface area contributed by atoms with Gasteiger partial charge in [0.05, 0.1) is 7.11 Å². The van der Waals surface area contributed by atoms with Crippen molar-refractivity contribution in [3.63, 3.8) is 0 Å². The van der Waals surface area contributed by atoms with E-state index in [1.165, 1.54) is 11.1 Å². The summed E-state index contributed by atoms with van der Waals surface area (Å²) in [7, 11) is 3.66. The summed E-state index contributed by atoms with van der Waals surface area (Å²) in [5.74, 6) is 0.883. The minimum Gasteiger partial charge on any atom is -0.497 e. The monoisotopic (exact) mass is 275 g/mol. The molecule has 1 unspecified atom stereocenters. The fourth-order valence-electron chi connectivity index (χ4n) is 2.10. The molecular weight excluding hydrogens is 258 g/mol. The first-order valence-corrected chi connectivity index (χ1v) is 6.66. The van der Waals surface area contributed by atoms with Gasteiger partial charge in [-0.2, -0.15) is 0 Å². The van der Waals surface area contributed by atoms with Crippen molar-refractivity contribution in [1.29, 1.82) is 0 Å². The lowest BCUT2D eigenvalue weighted by molar-refractivity contribution is 0.413. The SMILES string of the molecule is CNC(Cc1ccc(Cl)cc1)c1cccc(OC)c1. The highest BCUT2D eigenvalue weighted by Gasteiger charge is 2.10. The molecule has 2 rings (SSSR count). The molecule has 0 saturated carbocycles. The molecule has 1 N–H and O–H groups in total. The molecule has 0 aliphatic rings. The van der Waals surface area contributed by atoms with Crippen LogP contribution in [0.5, 0.6) is 5.75 Å². The Morgan fingerprint density at radius 3 is 2.53 bits per heavy atom. The van der Waals surface area contributed by atoms with E-state index in [9.17, 15) is 0 Å². The zero-order chi connectivity index (χ0) is 13.7. The molecule has 2 aromatic rings. The average Bonchev–Trinajstić information content (AvgIpc) is 2.46. The molecule has 0 bridgehead atoms. The smallest absolute Gasteiger partial charge is 0.119 e. The molecule has 0 amide bonds. The van der Waals surface area contributed by atoms with Crippen LogP contribution in [0.1, 0.15) is 17.2 Å². The molecule has 1 atom stereocenters. The van der Waals surface area contributed by atoms with Gasteiger partial charge in [-0.1, -0.05) is 35.9 Å². The molecule has 0 spiro atoms. The number of benzene rings is 2. The topological polar surface area (TPSA) is 21.3 Å². The summed E-state index contributed by atoms with van der Waals surface area (Å²) in [5.41, 5.74) is 2.48. The van der Waals surface area contributed by atoms with Crippen molar-refractivity contribution < 1.29 is 4.74 Å². The highest BCUT2D eigenvalue weighted by Crippen LogP contribution is 2.22. The largest absolute Gasteiger partial charge is 0.497 e. The molecule has 0 aliphatic carbocycles. The van der Waals surface area contributed by atoms with Gasteiger partial charge in [0.15, 0.2) is 0 Å². The normalized spacial score (nSPS) is 12.2. The quantitative estimate of drug-likeness (QED) is 0.895. The van der Waals surface area contributed by atoms with E-state index in [0.29, 0.717) is 0 Å². The molecule has 19 heavy (non-hydrogen) atoms. The van der Waals surface area contributed by atoms with Crippen molar-refractivity contribution in [1.82, 2.24) is 5.32 Å². The predicted molar refractivity (Wildman–Crippen MR) is 80.0 cm³/mol. The molecule has 0 radical (unpaired) electrons. The van der Waals surface area contributed by atoms with Crippen molar-refractivity contribution in [2.24, 2.45) is 0 Å². The fraction of sp³-hybridized carbons (Fsp3) is 0.250. The maximum absolute atomic E-state index is 5.91. The minimum atomic E-state index is 0.260. The summed E-state index contributed by atoms with van der Waals surface area (Å²) in [6, 6.07) is 16.4. The van der Waals surface area contributed by atoms with Crippen molar-refractivity contribution >= 4 is 11.6 Å². The van der Waals surface area contributed by atoms with Crippen LogP contribution in [0.4, 0.5) is 0 Å². The molecule has 100 valence electrons. The molecule has 0 aliphatic heterocycles. The first-order chi connectivity index (χ1) is 9.22. The number of methoxy groups -OCH3 is 1. The third kappa shape index (κ3) is 3.72. The van der Waals surface area contributed by atoms with E-state index in [0.717, 1.165) is 17.2 Å². The number of rotatable bonds is 5. The third-order valence-electron chi connectivity index (χ3n) is 3.20. The van der Waals surface area contributed by atoms with Crippen LogP contribution in [0.15, 0.2) is 48.5 Å². The van der Waals surface area contributed by atoms with Crippen LogP contribution in [0, 0.1) is 0 Å². The first-order valence-electron chi connectivity index (χ1n) is 6.28. The van der Waals surface area contributed by atoms with Gasteiger partial charge in [-0.25, -0.2) is 0 Å². The van der Waals surface area contributed by atoms with Gasteiger partial charge in [-0.3, -0.25) is 0 Å².